The largest absolute Gasteiger partial charge is 0.316 e. The Morgan fingerprint density at radius 3 is 2.94 bits per heavy atom. The monoisotopic (exact) mass is 338 g/mol. The topological polar surface area (TPSA) is 49.4 Å². The van der Waals surface area contributed by atoms with Crippen LogP contribution in [0, 0.1) is 0 Å². The predicted molar refractivity (Wildman–Crippen MR) is 72.9 cm³/mol. The van der Waals surface area contributed by atoms with Gasteiger partial charge in [-0.1, -0.05) is 0 Å². The molecule has 1 N–H and O–H groups in total. The van der Waals surface area contributed by atoms with Gasteiger partial charge in [0.05, 0.1) is 0 Å². The van der Waals surface area contributed by atoms with E-state index in [-0.39, 0.29) is 6.04 Å². The van der Waals surface area contributed by atoms with Gasteiger partial charge in [0.25, 0.3) is 10.0 Å². The van der Waals surface area contributed by atoms with E-state index >= 15 is 0 Å². The van der Waals surface area contributed by atoms with Crippen LogP contribution in [0.4, 0.5) is 0 Å². The third kappa shape index (κ3) is 2.73. The van der Waals surface area contributed by atoms with Crippen molar-refractivity contribution < 1.29 is 8.42 Å². The Morgan fingerprint density at radius 2 is 2.35 bits per heavy atom. The van der Waals surface area contributed by atoms with Crippen LogP contribution in [0.15, 0.2) is 20.1 Å². The molecule has 4 nitrogen and oxygen atoms in total. The molecular weight excluding hydrogens is 324 g/mol. The maximum Gasteiger partial charge on any atom is 0.253 e. The van der Waals surface area contributed by atoms with Gasteiger partial charge < -0.3 is 5.32 Å². The van der Waals surface area contributed by atoms with Gasteiger partial charge in [0, 0.05) is 23.6 Å². The lowest BCUT2D eigenvalue weighted by Gasteiger charge is -2.31. The van der Waals surface area contributed by atoms with E-state index in [0.717, 1.165) is 12.8 Å². The molecule has 17 heavy (non-hydrogen) atoms. The molecule has 1 fully saturated rings. The van der Waals surface area contributed by atoms with Crippen molar-refractivity contribution in [3.63, 3.8) is 0 Å². The number of thiophene rings is 1. The number of likely N-dealkylation sites (N-methyl/N-ethyl adjacent to an activating group) is 1. The van der Waals surface area contributed by atoms with E-state index in [1.165, 1.54) is 11.3 Å². The van der Waals surface area contributed by atoms with Crippen molar-refractivity contribution in [1.82, 2.24) is 9.62 Å². The van der Waals surface area contributed by atoms with Gasteiger partial charge in [-0.15, -0.1) is 11.3 Å². The summed E-state index contributed by atoms with van der Waals surface area (Å²) in [5, 5.41) is 4.94. The fraction of sp³-hybridized carbons (Fsp3) is 0.600. The first-order valence-corrected chi connectivity index (χ1v) is 8.57. The molecule has 0 bridgehead atoms. The van der Waals surface area contributed by atoms with E-state index in [1.54, 1.807) is 15.8 Å². The quantitative estimate of drug-likeness (QED) is 0.915. The van der Waals surface area contributed by atoms with Crippen LogP contribution in [0.5, 0.6) is 0 Å². The lowest BCUT2D eigenvalue weighted by Crippen LogP contribution is -2.46. The highest BCUT2D eigenvalue weighted by atomic mass is 79.9. The predicted octanol–water partition coefficient (Wildman–Crippen LogP) is 1.88. The third-order valence-electron chi connectivity index (χ3n) is 2.95. The number of nitrogens with zero attached hydrogens (tertiary/aromatic N) is 1. The first-order valence-electron chi connectivity index (χ1n) is 5.46. The highest BCUT2D eigenvalue weighted by molar-refractivity contribution is 9.10. The van der Waals surface area contributed by atoms with E-state index in [2.05, 4.69) is 21.2 Å². The van der Waals surface area contributed by atoms with Crippen LogP contribution in [0.2, 0.25) is 0 Å². The van der Waals surface area contributed by atoms with E-state index in [0.29, 0.717) is 21.8 Å². The van der Waals surface area contributed by atoms with E-state index < -0.39 is 10.0 Å². The molecule has 0 unspecified atom stereocenters. The van der Waals surface area contributed by atoms with Crippen LogP contribution in [0.25, 0.3) is 0 Å². The van der Waals surface area contributed by atoms with Crippen molar-refractivity contribution in [2.24, 2.45) is 0 Å². The molecule has 1 saturated heterocycles. The molecular formula is C10H15BrN2O2S2. The molecule has 1 aliphatic rings. The minimum Gasteiger partial charge on any atom is -0.316 e. The van der Waals surface area contributed by atoms with Crippen molar-refractivity contribution >= 4 is 37.3 Å². The summed E-state index contributed by atoms with van der Waals surface area (Å²) in [6, 6.07) is 2.04. The molecule has 96 valence electrons. The lowest BCUT2D eigenvalue weighted by molar-refractivity contribution is 0.293. The zero-order valence-electron chi connectivity index (χ0n) is 9.52. The minimum absolute atomic E-state index is 0.261. The molecule has 0 saturated carbocycles. The molecule has 0 aliphatic carbocycles. The van der Waals surface area contributed by atoms with Crippen LogP contribution in [-0.2, 0) is 10.0 Å². The maximum absolute atomic E-state index is 12.4. The third-order valence-corrected chi connectivity index (χ3v) is 7.46. The molecule has 1 aromatic heterocycles. The summed E-state index contributed by atoms with van der Waals surface area (Å²) in [5.74, 6) is 0. The summed E-state index contributed by atoms with van der Waals surface area (Å²) < 4.78 is 27.5. The van der Waals surface area contributed by atoms with Crippen LogP contribution in [0.3, 0.4) is 0 Å². The van der Waals surface area contributed by atoms with Gasteiger partial charge in [-0.25, -0.2) is 8.42 Å². The zero-order valence-corrected chi connectivity index (χ0v) is 12.7. The fourth-order valence-electron chi connectivity index (χ4n) is 1.98. The Labute approximate surface area is 114 Å². The number of rotatable bonds is 3. The smallest absolute Gasteiger partial charge is 0.253 e. The van der Waals surface area contributed by atoms with Gasteiger partial charge in [-0.3, -0.25) is 0 Å². The van der Waals surface area contributed by atoms with E-state index in [9.17, 15) is 8.42 Å². The van der Waals surface area contributed by atoms with Crippen LogP contribution < -0.4 is 5.32 Å². The molecule has 0 spiro atoms. The van der Waals surface area contributed by atoms with E-state index in [4.69, 9.17) is 0 Å². The molecule has 0 amide bonds. The second-order valence-corrected chi connectivity index (χ2v) is 7.95. The number of piperidine rings is 1. The molecule has 1 aromatic rings. The molecule has 7 heteroatoms. The first kappa shape index (κ1) is 13.5. The number of nitrogens with one attached hydrogen (secondary N) is 1. The lowest BCUT2D eigenvalue weighted by atomic mass is 10.1. The standard InChI is InChI=1S/C10H15BrN2O2S2/c1-12-8-3-2-5-13(7-8)17(14,15)10-9(11)4-6-16-10/h4,6,8,12H,2-3,5,7H2,1H3/t8-/m1/s1. The second-order valence-electron chi connectivity index (χ2n) is 4.05. The average molecular weight is 339 g/mol. The fourth-order valence-corrected chi connectivity index (χ4v) is 5.95. The maximum atomic E-state index is 12.4. The summed E-state index contributed by atoms with van der Waals surface area (Å²) in [6.07, 6.45) is 1.95. The Kier molecular flexibility index (Phi) is 4.25. The highest BCUT2D eigenvalue weighted by Crippen LogP contribution is 2.31. The SMILES string of the molecule is CN[C@@H]1CCCN(S(=O)(=O)c2sccc2Br)C1. The van der Waals surface area contributed by atoms with Crippen LogP contribution in [0.1, 0.15) is 12.8 Å². The second kappa shape index (κ2) is 5.36. The van der Waals surface area contributed by atoms with Crippen molar-refractivity contribution in [3.8, 4) is 0 Å². The average Bonchev–Trinajstić information content (AvgIpc) is 2.76. The summed E-state index contributed by atoms with van der Waals surface area (Å²) in [5.41, 5.74) is 0. The highest BCUT2D eigenvalue weighted by Gasteiger charge is 2.31. The summed E-state index contributed by atoms with van der Waals surface area (Å²) >= 11 is 4.55. The molecule has 1 aliphatic heterocycles. The number of hydrogen-bond donors (Lipinski definition) is 1. The molecule has 2 rings (SSSR count). The Bertz CT molecular complexity index is 486. The van der Waals surface area contributed by atoms with E-state index in [1.807, 2.05) is 7.05 Å². The Morgan fingerprint density at radius 1 is 1.59 bits per heavy atom. The number of halogens is 1. The summed E-state index contributed by atoms with van der Waals surface area (Å²) in [4.78, 5) is 0. The normalized spacial score (nSPS) is 22.8. The Balaban J connectivity index is 2.24. The van der Waals surface area contributed by atoms with Gasteiger partial charge in [0.2, 0.25) is 0 Å². The zero-order chi connectivity index (χ0) is 12.5. The van der Waals surface area contributed by atoms with Gasteiger partial charge in [0.1, 0.15) is 4.21 Å². The molecule has 0 aromatic carbocycles. The number of sulfonamides is 1. The van der Waals surface area contributed by atoms with Crippen molar-refractivity contribution in [3.05, 3.63) is 15.9 Å². The van der Waals surface area contributed by atoms with Crippen molar-refractivity contribution in [2.75, 3.05) is 20.1 Å². The first-order chi connectivity index (χ1) is 8.05. The van der Waals surface area contributed by atoms with Gasteiger partial charge in [-0.2, -0.15) is 4.31 Å². The van der Waals surface area contributed by atoms with Crippen molar-refractivity contribution in [2.45, 2.75) is 23.1 Å². The van der Waals surface area contributed by atoms with Gasteiger partial charge >= 0.3 is 0 Å². The molecule has 0 radical (unpaired) electrons. The van der Waals surface area contributed by atoms with Gasteiger partial charge in [-0.05, 0) is 47.3 Å². The minimum atomic E-state index is -3.33. The summed E-state index contributed by atoms with van der Waals surface area (Å²) in [6.45, 7) is 1.17. The Hall–Kier alpha value is 0.0500. The van der Waals surface area contributed by atoms with Crippen LogP contribution in [-0.4, -0.2) is 38.9 Å². The van der Waals surface area contributed by atoms with Crippen molar-refractivity contribution in [1.29, 1.82) is 0 Å². The molecule has 2 heterocycles. The summed E-state index contributed by atoms with van der Waals surface area (Å²) in [7, 11) is -1.45. The number of hydrogen-bond acceptors (Lipinski definition) is 4. The van der Waals surface area contributed by atoms with Gasteiger partial charge in [0.15, 0.2) is 0 Å². The molecule has 1 atom stereocenters. The van der Waals surface area contributed by atoms with Crippen LogP contribution >= 0.6 is 27.3 Å².